The lowest BCUT2D eigenvalue weighted by Gasteiger charge is -2.17. The molecule has 1 aliphatic rings. The lowest BCUT2D eigenvalue weighted by Crippen LogP contribution is -2.01. The molecule has 1 nitrogen and oxygen atoms in total. The normalized spacial score (nSPS) is 21.8. The van der Waals surface area contributed by atoms with E-state index in [1.807, 2.05) is 12.4 Å². The number of pyridine rings is 1. The zero-order chi connectivity index (χ0) is 9.10. The number of hydrogen-bond acceptors (Lipinski definition) is 1. The molecule has 0 aliphatic heterocycles. The van der Waals surface area contributed by atoms with Crippen molar-refractivity contribution in [1.82, 2.24) is 4.98 Å². The van der Waals surface area contributed by atoms with Crippen LogP contribution in [0.5, 0.6) is 0 Å². The Morgan fingerprint density at radius 3 is 3.08 bits per heavy atom. The average Bonchev–Trinajstić information content (AvgIpc) is 2.20. The molecule has 1 aromatic rings. The number of aryl methyl sites for hydroxylation is 1. The fourth-order valence-electron chi connectivity index (χ4n) is 1.94. The molecule has 1 aliphatic carbocycles. The van der Waals surface area contributed by atoms with Gasteiger partial charge in [0.15, 0.2) is 0 Å². The molecule has 1 heterocycles. The lowest BCUT2D eigenvalue weighted by molar-refractivity contribution is 0.650. The van der Waals surface area contributed by atoms with E-state index in [2.05, 4.69) is 30.1 Å². The summed E-state index contributed by atoms with van der Waals surface area (Å²) in [6.07, 6.45) is 12.3. The third-order valence-corrected chi connectivity index (χ3v) is 2.73. The summed E-state index contributed by atoms with van der Waals surface area (Å²) in [6, 6.07) is 2.10. The fraction of sp³-hybridized carbons (Fsp3) is 0.417. The van der Waals surface area contributed by atoms with Crippen LogP contribution in [0.3, 0.4) is 0 Å². The first-order valence-corrected chi connectivity index (χ1v) is 4.95. The topological polar surface area (TPSA) is 12.9 Å². The molecule has 0 saturated carbocycles. The molecule has 0 radical (unpaired) electrons. The molecule has 1 aromatic heterocycles. The van der Waals surface area contributed by atoms with Crippen molar-refractivity contribution in [3.8, 4) is 0 Å². The summed E-state index contributed by atoms with van der Waals surface area (Å²) in [7, 11) is 0. The van der Waals surface area contributed by atoms with Gasteiger partial charge in [-0.2, -0.15) is 0 Å². The van der Waals surface area contributed by atoms with E-state index in [1.54, 1.807) is 0 Å². The standard InChI is InChI=1S/C12H15N/c1-10-7-8-13-9-12(10)11-5-3-2-4-6-11/h3,5,7-9,11H,2,4,6H2,1H3/t11-/m0/s1. The third-order valence-electron chi connectivity index (χ3n) is 2.73. The van der Waals surface area contributed by atoms with E-state index in [0.29, 0.717) is 5.92 Å². The van der Waals surface area contributed by atoms with E-state index in [4.69, 9.17) is 0 Å². The van der Waals surface area contributed by atoms with E-state index in [-0.39, 0.29) is 0 Å². The van der Waals surface area contributed by atoms with Gasteiger partial charge in [0.1, 0.15) is 0 Å². The molecule has 0 spiro atoms. The van der Waals surface area contributed by atoms with Crippen molar-refractivity contribution in [1.29, 1.82) is 0 Å². The van der Waals surface area contributed by atoms with E-state index in [9.17, 15) is 0 Å². The van der Waals surface area contributed by atoms with Crippen LogP contribution >= 0.6 is 0 Å². The van der Waals surface area contributed by atoms with Crippen molar-refractivity contribution >= 4 is 0 Å². The SMILES string of the molecule is Cc1ccncc1[C@H]1C=CCCC1. The van der Waals surface area contributed by atoms with Crippen LogP contribution < -0.4 is 0 Å². The summed E-state index contributed by atoms with van der Waals surface area (Å²) < 4.78 is 0. The molecule has 0 amide bonds. The molecule has 0 unspecified atom stereocenters. The Morgan fingerprint density at radius 1 is 1.46 bits per heavy atom. The van der Waals surface area contributed by atoms with Crippen LogP contribution in [0.1, 0.15) is 36.3 Å². The maximum absolute atomic E-state index is 4.19. The highest BCUT2D eigenvalue weighted by Gasteiger charge is 2.12. The third kappa shape index (κ3) is 1.80. The summed E-state index contributed by atoms with van der Waals surface area (Å²) in [5, 5.41) is 0. The van der Waals surface area contributed by atoms with Crippen molar-refractivity contribution < 1.29 is 0 Å². The molecule has 0 N–H and O–H groups in total. The first kappa shape index (κ1) is 8.49. The smallest absolute Gasteiger partial charge is 0.0308 e. The predicted octanol–water partition coefficient (Wildman–Crippen LogP) is 3.21. The Labute approximate surface area is 79.5 Å². The number of nitrogens with zero attached hydrogens (tertiary/aromatic N) is 1. The summed E-state index contributed by atoms with van der Waals surface area (Å²) >= 11 is 0. The van der Waals surface area contributed by atoms with Crippen LogP contribution in [0.15, 0.2) is 30.6 Å². The fourth-order valence-corrected chi connectivity index (χ4v) is 1.94. The molecule has 13 heavy (non-hydrogen) atoms. The van der Waals surface area contributed by atoms with Crippen LogP contribution in [-0.4, -0.2) is 4.98 Å². The molecule has 2 rings (SSSR count). The predicted molar refractivity (Wildman–Crippen MR) is 54.7 cm³/mol. The minimum atomic E-state index is 0.613. The average molecular weight is 173 g/mol. The Kier molecular flexibility index (Phi) is 2.44. The van der Waals surface area contributed by atoms with Crippen LogP contribution in [-0.2, 0) is 0 Å². The second-order valence-electron chi connectivity index (χ2n) is 3.70. The Morgan fingerprint density at radius 2 is 2.38 bits per heavy atom. The minimum absolute atomic E-state index is 0.613. The molecule has 0 fully saturated rings. The molecular weight excluding hydrogens is 158 g/mol. The van der Waals surface area contributed by atoms with Crippen molar-refractivity contribution in [2.45, 2.75) is 32.1 Å². The van der Waals surface area contributed by atoms with Crippen molar-refractivity contribution in [3.05, 3.63) is 41.7 Å². The minimum Gasteiger partial charge on any atom is -0.264 e. The number of aromatic nitrogens is 1. The van der Waals surface area contributed by atoms with Crippen LogP contribution in [0.4, 0.5) is 0 Å². The van der Waals surface area contributed by atoms with E-state index in [0.717, 1.165) is 0 Å². The van der Waals surface area contributed by atoms with Crippen molar-refractivity contribution in [2.24, 2.45) is 0 Å². The van der Waals surface area contributed by atoms with Gasteiger partial charge in [-0.25, -0.2) is 0 Å². The van der Waals surface area contributed by atoms with Gasteiger partial charge in [-0.3, -0.25) is 4.98 Å². The van der Waals surface area contributed by atoms with Gasteiger partial charge in [-0.05, 0) is 43.4 Å². The molecule has 0 saturated heterocycles. The first-order chi connectivity index (χ1) is 6.38. The molecular formula is C12H15N. The monoisotopic (exact) mass is 173 g/mol. The highest BCUT2D eigenvalue weighted by Crippen LogP contribution is 2.28. The van der Waals surface area contributed by atoms with Gasteiger partial charge in [-0.1, -0.05) is 12.2 Å². The number of allylic oxidation sites excluding steroid dienone is 2. The Bertz CT molecular complexity index is 315. The zero-order valence-corrected chi connectivity index (χ0v) is 8.03. The zero-order valence-electron chi connectivity index (χ0n) is 8.03. The Balaban J connectivity index is 2.29. The largest absolute Gasteiger partial charge is 0.264 e. The second kappa shape index (κ2) is 3.73. The van der Waals surface area contributed by atoms with Gasteiger partial charge in [-0.15, -0.1) is 0 Å². The van der Waals surface area contributed by atoms with E-state index in [1.165, 1.54) is 30.4 Å². The van der Waals surface area contributed by atoms with E-state index < -0.39 is 0 Å². The molecule has 68 valence electrons. The molecule has 0 bridgehead atoms. The van der Waals surface area contributed by atoms with Gasteiger partial charge in [0.25, 0.3) is 0 Å². The summed E-state index contributed by atoms with van der Waals surface area (Å²) in [5.74, 6) is 0.613. The van der Waals surface area contributed by atoms with Crippen LogP contribution in [0.25, 0.3) is 0 Å². The van der Waals surface area contributed by atoms with Crippen molar-refractivity contribution in [3.63, 3.8) is 0 Å². The Hall–Kier alpha value is -1.11. The number of rotatable bonds is 1. The highest BCUT2D eigenvalue weighted by molar-refractivity contribution is 5.29. The van der Waals surface area contributed by atoms with Gasteiger partial charge in [0, 0.05) is 18.3 Å². The van der Waals surface area contributed by atoms with Gasteiger partial charge < -0.3 is 0 Å². The summed E-state index contributed by atoms with van der Waals surface area (Å²) in [5.41, 5.74) is 2.77. The highest BCUT2D eigenvalue weighted by atomic mass is 14.6. The van der Waals surface area contributed by atoms with Crippen LogP contribution in [0, 0.1) is 6.92 Å². The van der Waals surface area contributed by atoms with Gasteiger partial charge in [0.05, 0.1) is 0 Å². The van der Waals surface area contributed by atoms with Gasteiger partial charge >= 0.3 is 0 Å². The van der Waals surface area contributed by atoms with E-state index >= 15 is 0 Å². The second-order valence-corrected chi connectivity index (χ2v) is 3.70. The molecule has 1 atom stereocenters. The summed E-state index contributed by atoms with van der Waals surface area (Å²) in [6.45, 7) is 2.17. The van der Waals surface area contributed by atoms with Gasteiger partial charge in [0.2, 0.25) is 0 Å². The molecule has 0 aromatic carbocycles. The first-order valence-electron chi connectivity index (χ1n) is 4.95. The summed E-state index contributed by atoms with van der Waals surface area (Å²) in [4.78, 5) is 4.19. The van der Waals surface area contributed by atoms with Crippen LogP contribution in [0.2, 0.25) is 0 Å². The lowest BCUT2D eigenvalue weighted by atomic mass is 9.88. The number of hydrogen-bond donors (Lipinski definition) is 0. The van der Waals surface area contributed by atoms with Crippen molar-refractivity contribution in [2.75, 3.05) is 0 Å². The molecule has 1 heteroatoms. The quantitative estimate of drug-likeness (QED) is 0.594. The maximum atomic E-state index is 4.19. The maximum Gasteiger partial charge on any atom is 0.0308 e.